The number of hydrogen-bond acceptors (Lipinski definition) is 1. The first-order valence-electron chi connectivity index (χ1n) is 6.59. The third-order valence-corrected chi connectivity index (χ3v) is 4.18. The summed E-state index contributed by atoms with van der Waals surface area (Å²) in [7, 11) is -0.748. The van der Waals surface area contributed by atoms with Crippen LogP contribution >= 0.6 is 0 Å². The molecule has 0 spiro atoms. The van der Waals surface area contributed by atoms with Crippen LogP contribution < -0.4 is 0 Å². The number of rotatable bonds is 0. The predicted octanol–water partition coefficient (Wildman–Crippen LogP) is 3.19. The molecule has 1 heterocycles. The summed E-state index contributed by atoms with van der Waals surface area (Å²) < 4.78 is 2.04. The topological polar surface area (TPSA) is 17.8 Å². The Kier molecular flexibility index (Phi) is 4.50. The van der Waals surface area contributed by atoms with Crippen molar-refractivity contribution in [3.05, 3.63) is 17.2 Å². The summed E-state index contributed by atoms with van der Waals surface area (Å²) in [6.07, 6.45) is 0. The van der Waals surface area contributed by atoms with Crippen LogP contribution in [0.1, 0.15) is 17.2 Å². The zero-order valence-corrected chi connectivity index (χ0v) is 15.4. The number of aryl methyl sites for hydroxylation is 1. The molecule has 102 valence electrons. The molecule has 0 aliphatic heterocycles. The number of aromatic nitrogens is 2. The van der Waals surface area contributed by atoms with Gasteiger partial charge in [-0.25, -0.2) is 4.98 Å². The van der Waals surface area contributed by atoms with Gasteiger partial charge in [0.25, 0.3) is 0 Å². The Hall–Kier alpha value is -1.24. The molecule has 0 N–H and O–H groups in total. The maximum absolute atomic E-state index is 4.54. The third kappa shape index (κ3) is 5.10. The van der Waals surface area contributed by atoms with Crippen LogP contribution in [0.2, 0.25) is 39.3 Å². The van der Waals surface area contributed by atoms with Gasteiger partial charge in [0, 0.05) is 7.05 Å². The van der Waals surface area contributed by atoms with Gasteiger partial charge in [0.05, 0.1) is 0 Å². The van der Waals surface area contributed by atoms with Gasteiger partial charge in [-0.05, 0) is 6.92 Å². The Labute approximate surface area is 119 Å². The molecule has 0 fully saturated rings. The van der Waals surface area contributed by atoms with Gasteiger partial charge in [-0.15, -0.1) is 11.1 Å². The maximum Gasteiger partial charge on any atom is 0.147 e. The second kappa shape index (κ2) is 5.40. The molecule has 0 aliphatic carbocycles. The van der Waals surface area contributed by atoms with Crippen LogP contribution in [-0.4, -0.2) is 25.7 Å². The molecule has 0 radical (unpaired) electrons. The molecule has 1 aromatic heterocycles. The van der Waals surface area contributed by atoms with E-state index in [2.05, 4.69) is 67.2 Å². The molecule has 0 saturated heterocycles. The molecule has 0 unspecified atom stereocenters. The second-order valence-corrected chi connectivity index (χ2v) is 16.4. The van der Waals surface area contributed by atoms with E-state index in [1.165, 1.54) is 0 Å². The smallest absolute Gasteiger partial charge is 0.147 e. The van der Waals surface area contributed by atoms with Crippen LogP contribution in [-0.2, 0) is 7.05 Å². The highest BCUT2D eigenvalue weighted by molar-refractivity contribution is 6.84. The van der Waals surface area contributed by atoms with Gasteiger partial charge < -0.3 is 4.57 Å². The molecule has 4 heteroatoms. The molecule has 0 amide bonds. The molecule has 1 rings (SSSR count). The van der Waals surface area contributed by atoms with Crippen molar-refractivity contribution in [2.75, 3.05) is 0 Å². The zero-order chi connectivity index (χ0) is 14.8. The quantitative estimate of drug-likeness (QED) is 0.529. The van der Waals surface area contributed by atoms with Crippen molar-refractivity contribution in [1.29, 1.82) is 0 Å². The van der Waals surface area contributed by atoms with E-state index in [9.17, 15) is 0 Å². The van der Waals surface area contributed by atoms with Gasteiger partial charge in [0.15, 0.2) is 0 Å². The van der Waals surface area contributed by atoms with Gasteiger partial charge in [0.1, 0.15) is 33.4 Å². The fourth-order valence-corrected chi connectivity index (χ4v) is 2.32. The number of hydrogen-bond donors (Lipinski definition) is 0. The Bertz CT molecular complexity index is 591. The molecule has 0 atom stereocenters. The van der Waals surface area contributed by atoms with Crippen LogP contribution in [0.3, 0.4) is 0 Å². The molecular formula is C15H24N2Si2. The fourth-order valence-electron chi connectivity index (χ4n) is 1.33. The van der Waals surface area contributed by atoms with Gasteiger partial charge in [0.2, 0.25) is 0 Å². The molecule has 19 heavy (non-hydrogen) atoms. The van der Waals surface area contributed by atoms with E-state index in [4.69, 9.17) is 0 Å². The lowest BCUT2D eigenvalue weighted by Gasteiger charge is -2.04. The monoisotopic (exact) mass is 288 g/mol. The highest BCUT2D eigenvalue weighted by atomic mass is 28.3. The molecule has 0 bridgehead atoms. The lowest BCUT2D eigenvalue weighted by Crippen LogP contribution is -2.17. The molecule has 1 aromatic rings. The molecule has 0 saturated carbocycles. The Morgan fingerprint density at radius 1 is 0.895 bits per heavy atom. The highest BCUT2D eigenvalue weighted by Crippen LogP contribution is 2.09. The lowest BCUT2D eigenvalue weighted by molar-refractivity contribution is 0.847. The van der Waals surface area contributed by atoms with Gasteiger partial charge in [-0.3, -0.25) is 0 Å². The SMILES string of the molecule is Cc1nc(C#C[Si](C)(C)C)c(C#C[Si](C)(C)C)n1C. The minimum atomic E-state index is -1.38. The van der Waals surface area contributed by atoms with Crippen molar-refractivity contribution < 1.29 is 0 Å². The molecule has 0 aromatic carbocycles. The van der Waals surface area contributed by atoms with Crippen LogP contribution in [0.5, 0.6) is 0 Å². The Balaban J connectivity index is 3.30. The Morgan fingerprint density at radius 2 is 1.37 bits per heavy atom. The standard InChI is InChI=1S/C15H24N2Si2/c1-13-16-14(9-11-18(3,4)5)15(17(13)2)10-12-19(6,7)8/h1-8H3. The normalized spacial score (nSPS) is 11.4. The minimum absolute atomic E-state index is 0.841. The minimum Gasteiger partial charge on any atom is -0.324 e. The van der Waals surface area contributed by atoms with Crippen molar-refractivity contribution in [3.8, 4) is 22.9 Å². The third-order valence-electron chi connectivity index (χ3n) is 2.43. The van der Waals surface area contributed by atoms with Gasteiger partial charge in [-0.1, -0.05) is 51.1 Å². The van der Waals surface area contributed by atoms with Crippen LogP contribution in [0.4, 0.5) is 0 Å². The van der Waals surface area contributed by atoms with E-state index in [1.54, 1.807) is 0 Å². The van der Waals surface area contributed by atoms with Crippen molar-refractivity contribution in [2.24, 2.45) is 7.05 Å². The van der Waals surface area contributed by atoms with E-state index >= 15 is 0 Å². The summed E-state index contributed by atoms with van der Waals surface area (Å²) in [4.78, 5) is 4.54. The van der Waals surface area contributed by atoms with E-state index in [1.807, 2.05) is 18.5 Å². The lowest BCUT2D eigenvalue weighted by atomic mass is 10.3. The molecular weight excluding hydrogens is 264 g/mol. The summed E-state index contributed by atoms with van der Waals surface area (Å²) in [5.41, 5.74) is 8.58. The Morgan fingerprint density at radius 3 is 1.84 bits per heavy atom. The zero-order valence-electron chi connectivity index (χ0n) is 13.4. The average molecular weight is 289 g/mol. The van der Waals surface area contributed by atoms with Gasteiger partial charge >= 0.3 is 0 Å². The summed E-state index contributed by atoms with van der Waals surface area (Å²) in [5.74, 6) is 7.52. The summed E-state index contributed by atoms with van der Waals surface area (Å²) >= 11 is 0. The van der Waals surface area contributed by atoms with Crippen LogP contribution in [0, 0.1) is 29.9 Å². The van der Waals surface area contributed by atoms with E-state index in [0.717, 1.165) is 17.2 Å². The highest BCUT2D eigenvalue weighted by Gasteiger charge is 2.13. The predicted molar refractivity (Wildman–Crippen MR) is 88.4 cm³/mol. The van der Waals surface area contributed by atoms with E-state index < -0.39 is 16.1 Å². The van der Waals surface area contributed by atoms with Crippen LogP contribution in [0.15, 0.2) is 0 Å². The first-order chi connectivity index (χ1) is 8.49. The van der Waals surface area contributed by atoms with Crippen molar-refractivity contribution in [2.45, 2.75) is 46.2 Å². The van der Waals surface area contributed by atoms with E-state index in [0.29, 0.717) is 0 Å². The first-order valence-corrected chi connectivity index (χ1v) is 13.6. The van der Waals surface area contributed by atoms with E-state index in [-0.39, 0.29) is 0 Å². The van der Waals surface area contributed by atoms with Crippen molar-refractivity contribution >= 4 is 16.1 Å². The van der Waals surface area contributed by atoms with Gasteiger partial charge in [-0.2, -0.15) is 0 Å². The van der Waals surface area contributed by atoms with Crippen LogP contribution in [0.25, 0.3) is 0 Å². The van der Waals surface area contributed by atoms with Crippen molar-refractivity contribution in [3.63, 3.8) is 0 Å². The molecule has 0 aliphatic rings. The summed E-state index contributed by atoms with van der Waals surface area (Å²) in [6.45, 7) is 15.5. The first kappa shape index (κ1) is 15.8. The van der Waals surface area contributed by atoms with Crippen molar-refractivity contribution in [1.82, 2.24) is 9.55 Å². The summed E-state index contributed by atoms with van der Waals surface area (Å²) in [5, 5.41) is 0. The summed E-state index contributed by atoms with van der Waals surface area (Å²) in [6, 6.07) is 0. The fraction of sp³-hybridized carbons (Fsp3) is 0.533. The average Bonchev–Trinajstić information content (AvgIpc) is 2.47. The number of imidazole rings is 1. The maximum atomic E-state index is 4.54. The molecule has 2 nitrogen and oxygen atoms in total. The number of nitrogens with zero attached hydrogens (tertiary/aromatic N) is 2. The second-order valence-electron chi connectivity index (χ2n) is 6.92. The largest absolute Gasteiger partial charge is 0.324 e.